The summed E-state index contributed by atoms with van der Waals surface area (Å²) in [5, 5.41) is 3.34. The Bertz CT molecular complexity index is 1030. The molecular weight excluding hydrogens is 424 g/mol. The molecule has 0 aliphatic heterocycles. The molecule has 4 rings (SSSR count). The number of methoxy groups -OCH3 is 1. The van der Waals surface area contributed by atoms with Crippen LogP contribution in [0.3, 0.4) is 0 Å². The van der Waals surface area contributed by atoms with Gasteiger partial charge in [-0.25, -0.2) is 8.42 Å². The van der Waals surface area contributed by atoms with Crippen LogP contribution in [0.5, 0.6) is 5.75 Å². The molecule has 2 aliphatic rings. The average Bonchev–Trinajstić information content (AvgIpc) is 3.36. The number of rotatable bonds is 7. The van der Waals surface area contributed by atoms with Crippen LogP contribution in [0.4, 0.5) is 5.69 Å². The third kappa shape index (κ3) is 4.14. The third-order valence-corrected chi connectivity index (χ3v) is 8.21. The van der Waals surface area contributed by atoms with Gasteiger partial charge >= 0.3 is 0 Å². The second-order valence-corrected chi connectivity index (χ2v) is 10.3. The number of hydrogen-bond donors (Lipinski definition) is 1. The van der Waals surface area contributed by atoms with Crippen LogP contribution in [-0.2, 0) is 14.8 Å². The van der Waals surface area contributed by atoms with Gasteiger partial charge in [-0.2, -0.15) is 0 Å². The van der Waals surface area contributed by atoms with Gasteiger partial charge in [0.25, 0.3) is 10.0 Å². The zero-order valence-corrected chi connectivity index (χ0v) is 18.3. The molecule has 0 spiro atoms. The molecule has 2 aliphatic carbocycles. The van der Waals surface area contributed by atoms with E-state index in [0.29, 0.717) is 23.3 Å². The largest absolute Gasteiger partial charge is 0.495 e. The summed E-state index contributed by atoms with van der Waals surface area (Å²) >= 11 is 6.24. The molecule has 2 aromatic carbocycles. The highest BCUT2D eigenvalue weighted by atomic mass is 35.5. The first-order chi connectivity index (χ1) is 14.4. The number of nitrogens with zero attached hydrogens (tertiary/aromatic N) is 1. The minimum Gasteiger partial charge on any atom is -0.495 e. The Labute approximate surface area is 182 Å². The Balaban J connectivity index is 1.61. The van der Waals surface area contributed by atoms with Gasteiger partial charge in [-0.15, -0.1) is 0 Å². The van der Waals surface area contributed by atoms with Crippen molar-refractivity contribution in [1.29, 1.82) is 0 Å². The Hall–Kier alpha value is -2.25. The molecule has 2 fully saturated rings. The molecule has 0 aromatic heterocycles. The van der Waals surface area contributed by atoms with Crippen molar-refractivity contribution in [2.45, 2.75) is 36.6 Å². The van der Waals surface area contributed by atoms with Crippen LogP contribution in [-0.4, -0.2) is 34.0 Å². The molecule has 6 nitrogen and oxygen atoms in total. The van der Waals surface area contributed by atoms with Gasteiger partial charge in [0.2, 0.25) is 5.91 Å². The van der Waals surface area contributed by atoms with Crippen molar-refractivity contribution in [3.05, 3.63) is 53.6 Å². The highest BCUT2D eigenvalue weighted by molar-refractivity contribution is 7.92. The second-order valence-electron chi connectivity index (χ2n) is 7.99. The fourth-order valence-electron chi connectivity index (χ4n) is 4.65. The van der Waals surface area contributed by atoms with Gasteiger partial charge in [0, 0.05) is 6.04 Å². The van der Waals surface area contributed by atoms with Gasteiger partial charge in [0.15, 0.2) is 0 Å². The molecule has 0 saturated heterocycles. The van der Waals surface area contributed by atoms with Crippen molar-refractivity contribution >= 4 is 33.2 Å². The zero-order valence-electron chi connectivity index (χ0n) is 16.8. The van der Waals surface area contributed by atoms with Crippen LogP contribution >= 0.6 is 11.6 Å². The first-order valence-electron chi connectivity index (χ1n) is 10.1. The summed E-state index contributed by atoms with van der Waals surface area (Å²) in [5.74, 6) is 1.32. The average molecular weight is 449 g/mol. The molecule has 0 radical (unpaired) electrons. The van der Waals surface area contributed by atoms with Gasteiger partial charge in [0.05, 0.1) is 22.7 Å². The molecule has 30 heavy (non-hydrogen) atoms. The fourth-order valence-corrected chi connectivity index (χ4v) is 6.34. The van der Waals surface area contributed by atoms with E-state index in [4.69, 9.17) is 16.3 Å². The van der Waals surface area contributed by atoms with Gasteiger partial charge in [-0.3, -0.25) is 9.10 Å². The molecule has 2 saturated carbocycles. The molecule has 0 unspecified atom stereocenters. The molecular formula is C22H25ClN2O4S. The summed E-state index contributed by atoms with van der Waals surface area (Å²) in [6.45, 7) is -0.312. The Kier molecular flexibility index (Phi) is 5.93. The van der Waals surface area contributed by atoms with Crippen molar-refractivity contribution in [2.75, 3.05) is 18.0 Å². The van der Waals surface area contributed by atoms with Crippen molar-refractivity contribution < 1.29 is 17.9 Å². The predicted octanol–water partition coefficient (Wildman–Crippen LogP) is 3.85. The van der Waals surface area contributed by atoms with Crippen LogP contribution < -0.4 is 14.4 Å². The van der Waals surface area contributed by atoms with E-state index in [1.165, 1.54) is 31.7 Å². The maximum atomic E-state index is 13.4. The molecule has 3 atom stereocenters. The molecule has 1 N–H and O–H groups in total. The molecule has 8 heteroatoms. The smallest absolute Gasteiger partial charge is 0.264 e. The number of hydrogen-bond acceptors (Lipinski definition) is 4. The highest BCUT2D eigenvalue weighted by Crippen LogP contribution is 2.44. The summed E-state index contributed by atoms with van der Waals surface area (Å²) in [4.78, 5) is 13.0. The van der Waals surface area contributed by atoms with E-state index in [1.54, 1.807) is 30.3 Å². The number of anilines is 1. The van der Waals surface area contributed by atoms with Crippen LogP contribution in [0.2, 0.25) is 5.02 Å². The maximum Gasteiger partial charge on any atom is 0.264 e. The standard InChI is InChI=1S/C22H25ClN2O4S/c1-29-21-10-9-17(13-19(21)23)25(30(27,28)18-5-3-2-4-6-18)14-22(26)24-20-12-15-7-8-16(20)11-15/h2-6,9-10,13,15-16,20H,7-8,11-12,14H2,1H3,(H,24,26)/t15-,16-,20+/m0/s1. The summed E-state index contributed by atoms with van der Waals surface area (Å²) in [7, 11) is -2.47. The fraction of sp³-hybridized carbons (Fsp3) is 0.409. The first kappa shape index (κ1) is 21.0. The van der Waals surface area contributed by atoms with Gasteiger partial charge in [-0.1, -0.05) is 36.2 Å². The maximum absolute atomic E-state index is 13.4. The van der Waals surface area contributed by atoms with E-state index >= 15 is 0 Å². The van der Waals surface area contributed by atoms with E-state index in [9.17, 15) is 13.2 Å². The van der Waals surface area contributed by atoms with E-state index in [1.807, 2.05) is 0 Å². The quantitative estimate of drug-likeness (QED) is 0.698. The molecule has 2 bridgehead atoms. The van der Waals surface area contributed by atoms with Crippen LogP contribution in [0.25, 0.3) is 0 Å². The van der Waals surface area contributed by atoms with Crippen molar-refractivity contribution in [3.8, 4) is 5.75 Å². The first-order valence-corrected chi connectivity index (χ1v) is 11.9. The van der Waals surface area contributed by atoms with E-state index in [-0.39, 0.29) is 28.4 Å². The number of amides is 1. The third-order valence-electron chi connectivity index (χ3n) is 6.13. The zero-order chi connectivity index (χ0) is 21.3. The minimum atomic E-state index is -3.96. The van der Waals surface area contributed by atoms with E-state index in [2.05, 4.69) is 5.32 Å². The van der Waals surface area contributed by atoms with Crippen molar-refractivity contribution in [1.82, 2.24) is 5.32 Å². The van der Waals surface area contributed by atoms with Crippen molar-refractivity contribution in [3.63, 3.8) is 0 Å². The lowest BCUT2D eigenvalue weighted by Gasteiger charge is -2.27. The SMILES string of the molecule is COc1ccc(N(CC(=O)N[C@@H]2C[C@H]3CC[C@H]2C3)S(=O)(=O)c2ccccc2)cc1Cl. The summed E-state index contributed by atoms with van der Waals surface area (Å²) < 4.78 is 33.0. The van der Waals surface area contributed by atoms with Gasteiger partial charge < -0.3 is 10.1 Å². The lowest BCUT2D eigenvalue weighted by molar-refractivity contribution is -0.120. The monoisotopic (exact) mass is 448 g/mol. The Morgan fingerprint density at radius 1 is 1.17 bits per heavy atom. The molecule has 2 aromatic rings. The summed E-state index contributed by atoms with van der Waals surface area (Å²) in [6, 6.07) is 12.9. The number of sulfonamides is 1. The normalized spacial score (nSPS) is 22.7. The van der Waals surface area contributed by atoms with E-state index < -0.39 is 10.0 Å². The molecule has 160 valence electrons. The number of carbonyl (C=O) groups is 1. The van der Waals surface area contributed by atoms with Crippen LogP contribution in [0.15, 0.2) is 53.4 Å². The summed E-state index contributed by atoms with van der Waals surface area (Å²) in [5.41, 5.74) is 0.313. The number of benzene rings is 2. The van der Waals surface area contributed by atoms with Gasteiger partial charge in [0.1, 0.15) is 12.3 Å². The topological polar surface area (TPSA) is 75.7 Å². The second kappa shape index (κ2) is 8.47. The predicted molar refractivity (Wildman–Crippen MR) is 116 cm³/mol. The number of nitrogens with one attached hydrogen (secondary N) is 1. The number of halogens is 1. The lowest BCUT2D eigenvalue weighted by Crippen LogP contribution is -2.46. The van der Waals surface area contributed by atoms with Crippen LogP contribution in [0, 0.1) is 11.8 Å². The van der Waals surface area contributed by atoms with Gasteiger partial charge in [-0.05, 0) is 61.4 Å². The Morgan fingerprint density at radius 3 is 2.53 bits per heavy atom. The number of carbonyl (C=O) groups excluding carboxylic acids is 1. The summed E-state index contributed by atoms with van der Waals surface area (Å²) in [6.07, 6.45) is 4.51. The van der Waals surface area contributed by atoms with Crippen LogP contribution in [0.1, 0.15) is 25.7 Å². The molecule has 1 amide bonds. The number of ether oxygens (including phenoxy) is 1. The lowest BCUT2D eigenvalue weighted by atomic mass is 9.95. The highest BCUT2D eigenvalue weighted by Gasteiger charge is 2.40. The molecule has 0 heterocycles. The number of fused-ring (bicyclic) bond motifs is 2. The van der Waals surface area contributed by atoms with E-state index in [0.717, 1.165) is 23.6 Å². The van der Waals surface area contributed by atoms with Crippen molar-refractivity contribution in [2.24, 2.45) is 11.8 Å². The minimum absolute atomic E-state index is 0.115. The Morgan fingerprint density at radius 2 is 1.93 bits per heavy atom.